The number of rotatable bonds is 3. The number of hydrogen-bond donors (Lipinski definition) is 0. The van der Waals surface area contributed by atoms with Gasteiger partial charge in [0.2, 0.25) is 0 Å². The van der Waals surface area contributed by atoms with E-state index >= 15 is 0 Å². The minimum Gasteiger partial charge on any atom is -0.399 e. The molecule has 1 aromatic rings. The Balaban J connectivity index is 1.80. The van der Waals surface area contributed by atoms with Gasteiger partial charge in [-0.1, -0.05) is 38.1 Å². The molecule has 2 aliphatic heterocycles. The van der Waals surface area contributed by atoms with Crippen LogP contribution in [0.3, 0.4) is 0 Å². The zero-order valence-corrected chi connectivity index (χ0v) is 15.4. The van der Waals surface area contributed by atoms with E-state index < -0.39 is 0 Å². The molecule has 0 spiro atoms. The molecular formula is C19H30BNO2. The molecule has 126 valence electrons. The lowest BCUT2D eigenvalue weighted by molar-refractivity contribution is 0.00578. The summed E-state index contributed by atoms with van der Waals surface area (Å²) in [5.41, 5.74) is 1.92. The van der Waals surface area contributed by atoms with Crippen molar-refractivity contribution in [1.82, 2.24) is 4.90 Å². The van der Waals surface area contributed by atoms with Crippen LogP contribution in [0.15, 0.2) is 24.3 Å². The van der Waals surface area contributed by atoms with Crippen LogP contribution in [0.2, 0.25) is 0 Å². The molecule has 2 unspecified atom stereocenters. The summed E-state index contributed by atoms with van der Waals surface area (Å²) in [5.74, 6) is 1.55. The van der Waals surface area contributed by atoms with Gasteiger partial charge in [0.05, 0.1) is 11.2 Å². The molecule has 2 aliphatic rings. The van der Waals surface area contributed by atoms with E-state index in [9.17, 15) is 0 Å². The van der Waals surface area contributed by atoms with E-state index in [2.05, 4.69) is 70.7 Å². The number of benzene rings is 1. The average molecular weight is 315 g/mol. The summed E-state index contributed by atoms with van der Waals surface area (Å²) in [5, 5.41) is 0. The summed E-state index contributed by atoms with van der Waals surface area (Å²) >= 11 is 0. The summed E-state index contributed by atoms with van der Waals surface area (Å²) in [6.07, 6.45) is 0. The zero-order chi connectivity index (χ0) is 16.8. The lowest BCUT2D eigenvalue weighted by Gasteiger charge is -2.32. The molecule has 2 atom stereocenters. The Kier molecular flexibility index (Phi) is 4.37. The highest BCUT2D eigenvalue weighted by atomic mass is 16.7. The number of likely N-dealkylation sites (tertiary alicyclic amines) is 1. The summed E-state index contributed by atoms with van der Waals surface area (Å²) in [4.78, 5) is 2.55. The molecular weight excluding hydrogens is 285 g/mol. The molecule has 0 aromatic heterocycles. The molecule has 0 amide bonds. The number of nitrogens with zero attached hydrogens (tertiary/aromatic N) is 1. The maximum Gasteiger partial charge on any atom is 0.495 e. The van der Waals surface area contributed by atoms with Crippen molar-refractivity contribution in [2.45, 2.75) is 59.3 Å². The van der Waals surface area contributed by atoms with Gasteiger partial charge in [-0.25, -0.2) is 0 Å². The predicted octanol–water partition coefficient (Wildman–Crippen LogP) is 3.07. The molecule has 2 saturated heterocycles. The minimum atomic E-state index is -0.290. The summed E-state index contributed by atoms with van der Waals surface area (Å²) in [6, 6.07) is 8.57. The third kappa shape index (κ3) is 3.22. The van der Waals surface area contributed by atoms with Gasteiger partial charge in [-0.2, -0.15) is 0 Å². The van der Waals surface area contributed by atoms with Crippen molar-refractivity contribution in [3.63, 3.8) is 0 Å². The molecule has 0 radical (unpaired) electrons. The van der Waals surface area contributed by atoms with Crippen LogP contribution in [0.1, 0.15) is 47.1 Å². The van der Waals surface area contributed by atoms with Crippen LogP contribution in [0.25, 0.3) is 0 Å². The Morgan fingerprint density at radius 3 is 2.09 bits per heavy atom. The maximum absolute atomic E-state index is 6.26. The molecule has 23 heavy (non-hydrogen) atoms. The van der Waals surface area contributed by atoms with Gasteiger partial charge in [0.1, 0.15) is 0 Å². The topological polar surface area (TPSA) is 21.7 Å². The lowest BCUT2D eigenvalue weighted by atomic mass is 9.76. The highest BCUT2D eigenvalue weighted by Gasteiger charge is 2.52. The third-order valence-electron chi connectivity index (χ3n) is 6.02. The fourth-order valence-electron chi connectivity index (χ4n) is 3.50. The Bertz CT molecular complexity index is 546. The zero-order valence-electron chi connectivity index (χ0n) is 15.4. The first-order valence-corrected chi connectivity index (χ1v) is 8.85. The average Bonchev–Trinajstić information content (AvgIpc) is 2.87. The van der Waals surface area contributed by atoms with Crippen LogP contribution in [-0.4, -0.2) is 36.3 Å². The van der Waals surface area contributed by atoms with Crippen molar-refractivity contribution >= 4 is 12.6 Å². The van der Waals surface area contributed by atoms with Crippen molar-refractivity contribution in [1.29, 1.82) is 0 Å². The van der Waals surface area contributed by atoms with Crippen LogP contribution in [-0.2, 0) is 15.9 Å². The third-order valence-corrected chi connectivity index (χ3v) is 6.02. The van der Waals surface area contributed by atoms with Crippen LogP contribution in [0, 0.1) is 11.8 Å². The lowest BCUT2D eigenvalue weighted by Crippen LogP contribution is -2.41. The van der Waals surface area contributed by atoms with E-state index in [4.69, 9.17) is 9.31 Å². The van der Waals surface area contributed by atoms with Gasteiger partial charge in [0.25, 0.3) is 0 Å². The van der Waals surface area contributed by atoms with Crippen molar-refractivity contribution in [3.05, 3.63) is 29.8 Å². The molecule has 1 aromatic carbocycles. The van der Waals surface area contributed by atoms with Gasteiger partial charge in [0.15, 0.2) is 0 Å². The summed E-state index contributed by atoms with van der Waals surface area (Å²) < 4.78 is 12.5. The van der Waals surface area contributed by atoms with E-state index in [1.807, 2.05) is 0 Å². The van der Waals surface area contributed by atoms with Gasteiger partial charge >= 0.3 is 7.12 Å². The molecule has 0 N–H and O–H groups in total. The summed E-state index contributed by atoms with van der Waals surface area (Å²) in [7, 11) is -0.270. The molecule has 4 heteroatoms. The molecule has 0 saturated carbocycles. The van der Waals surface area contributed by atoms with E-state index in [0.717, 1.165) is 18.4 Å². The molecule has 0 bridgehead atoms. The van der Waals surface area contributed by atoms with Gasteiger partial charge < -0.3 is 9.31 Å². The largest absolute Gasteiger partial charge is 0.495 e. The Morgan fingerprint density at radius 1 is 1.00 bits per heavy atom. The van der Waals surface area contributed by atoms with Crippen molar-refractivity contribution < 1.29 is 9.31 Å². The first-order chi connectivity index (χ1) is 10.7. The van der Waals surface area contributed by atoms with Gasteiger partial charge in [-0.3, -0.25) is 4.90 Å². The van der Waals surface area contributed by atoms with Crippen LogP contribution < -0.4 is 5.46 Å². The molecule has 2 heterocycles. The predicted molar refractivity (Wildman–Crippen MR) is 95.8 cm³/mol. The van der Waals surface area contributed by atoms with Gasteiger partial charge in [-0.15, -0.1) is 0 Å². The maximum atomic E-state index is 6.26. The van der Waals surface area contributed by atoms with E-state index in [1.54, 1.807) is 0 Å². The van der Waals surface area contributed by atoms with E-state index in [1.165, 1.54) is 24.1 Å². The minimum absolute atomic E-state index is 0.270. The fourth-order valence-corrected chi connectivity index (χ4v) is 3.50. The van der Waals surface area contributed by atoms with Crippen molar-refractivity contribution in [2.24, 2.45) is 11.8 Å². The SMILES string of the molecule is CC1CN(Cc2ccccc2B2OC(C)(C)C(C)(C)O2)CC1C. The second-order valence-electron chi connectivity index (χ2n) is 8.44. The van der Waals surface area contributed by atoms with Gasteiger partial charge in [-0.05, 0) is 50.6 Å². The first kappa shape index (κ1) is 17.0. The van der Waals surface area contributed by atoms with Gasteiger partial charge in [0, 0.05) is 19.6 Å². The van der Waals surface area contributed by atoms with Crippen molar-refractivity contribution in [3.8, 4) is 0 Å². The first-order valence-electron chi connectivity index (χ1n) is 8.85. The Labute approximate surface area is 141 Å². The molecule has 3 rings (SSSR count). The quantitative estimate of drug-likeness (QED) is 0.800. The Morgan fingerprint density at radius 2 is 1.52 bits per heavy atom. The fraction of sp³-hybridized carbons (Fsp3) is 0.684. The normalized spacial score (nSPS) is 30.1. The van der Waals surface area contributed by atoms with Crippen LogP contribution >= 0.6 is 0 Å². The molecule has 2 fully saturated rings. The molecule has 3 nitrogen and oxygen atoms in total. The van der Waals surface area contributed by atoms with Crippen LogP contribution in [0.5, 0.6) is 0 Å². The van der Waals surface area contributed by atoms with E-state index in [-0.39, 0.29) is 18.3 Å². The smallest absolute Gasteiger partial charge is 0.399 e. The Hall–Kier alpha value is -0.835. The second kappa shape index (κ2) is 5.91. The highest BCUT2D eigenvalue weighted by molar-refractivity contribution is 6.62. The monoisotopic (exact) mass is 315 g/mol. The second-order valence-corrected chi connectivity index (χ2v) is 8.44. The summed E-state index contributed by atoms with van der Waals surface area (Å²) in [6.45, 7) is 16.5. The molecule has 0 aliphatic carbocycles. The van der Waals surface area contributed by atoms with E-state index in [0.29, 0.717) is 0 Å². The number of hydrogen-bond acceptors (Lipinski definition) is 3. The van der Waals surface area contributed by atoms with Crippen molar-refractivity contribution in [2.75, 3.05) is 13.1 Å². The van der Waals surface area contributed by atoms with Crippen LogP contribution in [0.4, 0.5) is 0 Å². The highest BCUT2D eigenvalue weighted by Crippen LogP contribution is 2.36. The standard InChI is InChI=1S/C19H30BNO2/c1-14-11-21(12-15(14)2)13-16-9-7-8-10-17(16)20-22-18(3,4)19(5,6)23-20/h7-10,14-15H,11-13H2,1-6H3.